The lowest BCUT2D eigenvalue weighted by atomic mass is 9.86. The summed E-state index contributed by atoms with van der Waals surface area (Å²) in [6.07, 6.45) is -8.97. The third-order valence-electron chi connectivity index (χ3n) is 4.35. The molecule has 6 heteroatoms. The molecule has 0 aromatic heterocycles. The van der Waals surface area contributed by atoms with Crippen molar-refractivity contribution in [2.24, 2.45) is 5.41 Å². The Labute approximate surface area is 155 Å². The molecule has 0 heterocycles. The molecule has 0 spiro atoms. The Bertz CT molecular complexity index is 800. The summed E-state index contributed by atoms with van der Waals surface area (Å²) in [4.78, 5) is 0. The first kappa shape index (κ1) is 21.3. The molecule has 0 atom stereocenters. The molecule has 0 unspecified atom stereocenters. The number of hydrogen-bond donors (Lipinski definition) is 0. The van der Waals surface area contributed by atoms with Gasteiger partial charge in [-0.15, -0.1) is 0 Å². The first-order valence-electron chi connectivity index (χ1n) is 8.48. The topological polar surface area (TPSA) is 0 Å². The summed E-state index contributed by atoms with van der Waals surface area (Å²) < 4.78 is 79.8. The van der Waals surface area contributed by atoms with Crippen molar-refractivity contribution < 1.29 is 26.3 Å². The highest BCUT2D eigenvalue weighted by Gasteiger charge is 2.40. The number of hydrogen-bond acceptors (Lipinski definition) is 0. The van der Waals surface area contributed by atoms with E-state index in [2.05, 4.69) is 20.8 Å². The minimum Gasteiger partial charge on any atom is -0.166 e. The van der Waals surface area contributed by atoms with Crippen LogP contribution in [0, 0.1) is 19.3 Å². The highest BCUT2D eigenvalue weighted by Crippen LogP contribution is 2.42. The zero-order chi connectivity index (χ0) is 20.8. The molecule has 0 aliphatic rings. The van der Waals surface area contributed by atoms with Crippen LogP contribution in [0.4, 0.5) is 26.3 Å². The zero-order valence-electron chi connectivity index (χ0n) is 15.9. The summed E-state index contributed by atoms with van der Waals surface area (Å²) in [5, 5.41) is 0. The predicted octanol–water partition coefficient (Wildman–Crippen LogP) is 7.60. The number of benzene rings is 2. The van der Waals surface area contributed by atoms with E-state index in [1.165, 1.54) is 0 Å². The predicted molar refractivity (Wildman–Crippen MR) is 94.5 cm³/mol. The quantitative estimate of drug-likeness (QED) is 0.465. The summed E-state index contributed by atoms with van der Waals surface area (Å²) in [6.45, 7) is 8.72. The Kier molecular flexibility index (Phi) is 5.43. The molecule has 0 saturated carbocycles. The molecule has 0 bridgehead atoms. The number of rotatable bonds is 2. The lowest BCUT2D eigenvalue weighted by Crippen LogP contribution is -2.15. The Morgan fingerprint density at radius 3 is 1.59 bits per heavy atom. The van der Waals surface area contributed by atoms with E-state index in [1.54, 1.807) is 19.1 Å². The van der Waals surface area contributed by atoms with E-state index in [0.29, 0.717) is 11.1 Å². The monoisotopic (exact) mass is 388 g/mol. The first-order chi connectivity index (χ1) is 12.1. The van der Waals surface area contributed by atoms with Gasteiger partial charge in [-0.1, -0.05) is 39.0 Å². The van der Waals surface area contributed by atoms with Crippen LogP contribution in [0.2, 0.25) is 0 Å². The molecule has 148 valence electrons. The lowest BCUT2D eigenvalue weighted by molar-refractivity contribution is -0.143. The van der Waals surface area contributed by atoms with Crippen LogP contribution in [0.1, 0.15) is 48.6 Å². The molecule has 0 amide bonds. The largest absolute Gasteiger partial charge is 0.416 e. The van der Waals surface area contributed by atoms with Gasteiger partial charge in [0.25, 0.3) is 0 Å². The van der Waals surface area contributed by atoms with Gasteiger partial charge in [-0.25, -0.2) is 0 Å². The standard InChI is InChI=1S/C21H22F6/c1-12-8-14(11-19(3,4)5)6-7-16(12)15-9-17(20(22,23)24)13(2)18(10-15)21(25,26)27/h6-10H,11H2,1-5H3. The fourth-order valence-corrected chi connectivity index (χ4v) is 3.23. The van der Waals surface area contributed by atoms with Crippen LogP contribution in [-0.4, -0.2) is 0 Å². The molecule has 2 aromatic carbocycles. The van der Waals surface area contributed by atoms with Crippen LogP contribution in [0.25, 0.3) is 11.1 Å². The maximum absolute atomic E-state index is 13.3. The van der Waals surface area contributed by atoms with Crippen LogP contribution in [0.5, 0.6) is 0 Å². The van der Waals surface area contributed by atoms with Crippen molar-refractivity contribution >= 4 is 0 Å². The molecule has 0 radical (unpaired) electrons. The van der Waals surface area contributed by atoms with Gasteiger partial charge in [0, 0.05) is 0 Å². The van der Waals surface area contributed by atoms with Gasteiger partial charge in [0.1, 0.15) is 0 Å². The zero-order valence-corrected chi connectivity index (χ0v) is 15.9. The molecule has 0 fully saturated rings. The molecule has 0 nitrogen and oxygen atoms in total. The first-order valence-corrected chi connectivity index (χ1v) is 8.48. The van der Waals surface area contributed by atoms with Crippen molar-refractivity contribution in [3.8, 4) is 11.1 Å². The van der Waals surface area contributed by atoms with Gasteiger partial charge in [-0.2, -0.15) is 26.3 Å². The highest BCUT2D eigenvalue weighted by atomic mass is 19.4. The van der Waals surface area contributed by atoms with Gasteiger partial charge in [0.05, 0.1) is 11.1 Å². The van der Waals surface area contributed by atoms with E-state index in [-0.39, 0.29) is 11.0 Å². The second-order valence-electron chi connectivity index (χ2n) is 8.08. The van der Waals surface area contributed by atoms with Crippen LogP contribution in [0.3, 0.4) is 0 Å². The third kappa shape index (κ3) is 5.05. The second-order valence-corrected chi connectivity index (χ2v) is 8.08. The SMILES string of the molecule is Cc1cc(CC(C)(C)C)ccc1-c1cc(C(F)(F)F)c(C)c(C(F)(F)F)c1. The van der Waals surface area contributed by atoms with Crippen molar-refractivity contribution in [3.63, 3.8) is 0 Å². The van der Waals surface area contributed by atoms with Crippen LogP contribution < -0.4 is 0 Å². The minimum absolute atomic E-state index is 0.0186. The summed E-state index contributed by atoms with van der Waals surface area (Å²) in [5.41, 5.74) is -1.39. The van der Waals surface area contributed by atoms with Gasteiger partial charge in [0.15, 0.2) is 0 Å². The molecule has 0 saturated heterocycles. The average Bonchev–Trinajstić information content (AvgIpc) is 2.43. The van der Waals surface area contributed by atoms with E-state index < -0.39 is 29.0 Å². The summed E-state index contributed by atoms with van der Waals surface area (Å²) >= 11 is 0. The summed E-state index contributed by atoms with van der Waals surface area (Å²) in [7, 11) is 0. The van der Waals surface area contributed by atoms with E-state index in [4.69, 9.17) is 0 Å². The van der Waals surface area contributed by atoms with Gasteiger partial charge in [0.2, 0.25) is 0 Å². The van der Waals surface area contributed by atoms with Gasteiger partial charge >= 0.3 is 12.4 Å². The lowest BCUT2D eigenvalue weighted by Gasteiger charge is -2.21. The molecule has 0 N–H and O–H groups in total. The smallest absolute Gasteiger partial charge is 0.166 e. The van der Waals surface area contributed by atoms with Crippen molar-refractivity contribution in [1.82, 2.24) is 0 Å². The number of alkyl halides is 6. The maximum Gasteiger partial charge on any atom is 0.416 e. The molecule has 0 aliphatic heterocycles. The summed E-state index contributed by atoms with van der Waals surface area (Å²) in [5.74, 6) is 0. The third-order valence-corrected chi connectivity index (χ3v) is 4.35. The second kappa shape index (κ2) is 6.88. The van der Waals surface area contributed by atoms with Gasteiger partial charge < -0.3 is 0 Å². The van der Waals surface area contributed by atoms with Crippen molar-refractivity contribution in [3.05, 3.63) is 58.1 Å². The normalized spacial score (nSPS) is 13.1. The fraction of sp³-hybridized carbons (Fsp3) is 0.429. The van der Waals surface area contributed by atoms with E-state index >= 15 is 0 Å². The minimum atomic E-state index is -4.86. The van der Waals surface area contributed by atoms with E-state index in [0.717, 1.165) is 31.0 Å². The molecule has 2 rings (SSSR count). The van der Waals surface area contributed by atoms with Gasteiger partial charge in [-0.05, 0) is 65.6 Å². The Morgan fingerprint density at radius 2 is 1.22 bits per heavy atom. The van der Waals surface area contributed by atoms with Crippen LogP contribution >= 0.6 is 0 Å². The Balaban J connectivity index is 2.65. The molecular formula is C21H22F6. The van der Waals surface area contributed by atoms with E-state index in [1.807, 2.05) is 6.07 Å². The van der Waals surface area contributed by atoms with Crippen molar-refractivity contribution in [2.75, 3.05) is 0 Å². The van der Waals surface area contributed by atoms with E-state index in [9.17, 15) is 26.3 Å². The van der Waals surface area contributed by atoms with Crippen LogP contribution in [0.15, 0.2) is 30.3 Å². The molecule has 27 heavy (non-hydrogen) atoms. The van der Waals surface area contributed by atoms with Crippen LogP contribution in [-0.2, 0) is 18.8 Å². The Morgan fingerprint density at radius 1 is 0.741 bits per heavy atom. The fourth-order valence-electron chi connectivity index (χ4n) is 3.23. The maximum atomic E-state index is 13.3. The molecule has 2 aromatic rings. The van der Waals surface area contributed by atoms with Crippen molar-refractivity contribution in [1.29, 1.82) is 0 Å². The van der Waals surface area contributed by atoms with Gasteiger partial charge in [-0.3, -0.25) is 0 Å². The van der Waals surface area contributed by atoms with Crippen molar-refractivity contribution in [2.45, 2.75) is 53.4 Å². The molecular weight excluding hydrogens is 366 g/mol. The Hall–Kier alpha value is -1.98. The number of aryl methyl sites for hydroxylation is 1. The average molecular weight is 388 g/mol. The highest BCUT2D eigenvalue weighted by molar-refractivity contribution is 5.70. The molecule has 0 aliphatic carbocycles. The number of halogens is 6. The summed E-state index contributed by atoms with van der Waals surface area (Å²) in [6, 6.07) is 6.78.